The molecule has 0 bridgehead atoms. The maximum Gasteiger partial charge on any atom is 0.204 e. The van der Waals surface area contributed by atoms with E-state index in [1.165, 1.54) is 17.5 Å². The lowest BCUT2D eigenvalue weighted by molar-refractivity contribution is 0.683. The van der Waals surface area contributed by atoms with Crippen LogP contribution in [0.3, 0.4) is 0 Å². The molecule has 0 spiro atoms. The molecule has 2 heterocycles. The van der Waals surface area contributed by atoms with Crippen LogP contribution in [0.5, 0.6) is 0 Å². The Morgan fingerprint density at radius 1 is 0.958 bits per heavy atom. The van der Waals surface area contributed by atoms with E-state index < -0.39 is 10.8 Å². The molecule has 0 saturated carbocycles. The average Bonchev–Trinajstić information content (AvgIpc) is 3.27. The summed E-state index contributed by atoms with van der Waals surface area (Å²) < 4.78 is 13.3. The van der Waals surface area contributed by atoms with Crippen LogP contribution in [-0.4, -0.2) is 24.8 Å². The number of rotatable bonds is 1. The number of hydrogen-bond acceptors (Lipinski definition) is 4. The molecule has 0 saturated heterocycles. The zero-order valence-electron chi connectivity index (χ0n) is 12.8. The Kier molecular flexibility index (Phi) is 2.99. The summed E-state index contributed by atoms with van der Waals surface area (Å²) in [5.74, 6) is 0.511. The second kappa shape index (κ2) is 5.21. The second-order valence-electron chi connectivity index (χ2n) is 6.10. The topological polar surface area (TPSA) is 71.5 Å². The van der Waals surface area contributed by atoms with E-state index in [4.69, 9.17) is 0 Å². The summed E-state index contributed by atoms with van der Waals surface area (Å²) in [5.41, 5.74) is 5.58. The number of nitrogens with zero attached hydrogens (tertiary/aromatic N) is 3. The van der Waals surface area contributed by atoms with Gasteiger partial charge in [-0.05, 0) is 58.9 Å². The predicted molar refractivity (Wildman–Crippen MR) is 91.7 cm³/mol. The van der Waals surface area contributed by atoms with Crippen molar-refractivity contribution in [3.05, 3.63) is 52.6 Å². The van der Waals surface area contributed by atoms with Crippen LogP contribution in [0.25, 0.3) is 23.5 Å². The predicted octanol–water partition coefficient (Wildman–Crippen LogP) is 3.01. The molecule has 1 aromatic heterocycles. The lowest BCUT2D eigenvalue weighted by Gasteiger charge is -2.10. The molecule has 1 unspecified atom stereocenters. The van der Waals surface area contributed by atoms with Crippen molar-refractivity contribution in [1.82, 2.24) is 20.6 Å². The quantitative estimate of drug-likeness (QED) is 0.581. The van der Waals surface area contributed by atoms with Gasteiger partial charge in [0, 0.05) is 5.56 Å². The van der Waals surface area contributed by atoms with Gasteiger partial charge in [0.2, 0.25) is 5.82 Å². The van der Waals surface area contributed by atoms with E-state index in [2.05, 4.69) is 38.8 Å². The smallest absolute Gasteiger partial charge is 0.204 e. The van der Waals surface area contributed by atoms with E-state index in [1.54, 1.807) is 0 Å². The summed E-state index contributed by atoms with van der Waals surface area (Å²) in [6.07, 6.45) is 7.51. The van der Waals surface area contributed by atoms with Crippen LogP contribution in [0, 0.1) is 0 Å². The van der Waals surface area contributed by atoms with Crippen LogP contribution in [-0.2, 0) is 23.6 Å². The molecule has 6 heteroatoms. The van der Waals surface area contributed by atoms with Gasteiger partial charge in [0.05, 0.1) is 20.6 Å². The van der Waals surface area contributed by atoms with Crippen LogP contribution in [0.2, 0.25) is 0 Å². The van der Waals surface area contributed by atoms with Crippen molar-refractivity contribution in [2.45, 2.75) is 29.1 Å². The molecule has 0 fully saturated rings. The van der Waals surface area contributed by atoms with Crippen molar-refractivity contribution in [1.29, 1.82) is 0 Å². The number of aromatic amines is 1. The highest BCUT2D eigenvalue weighted by atomic mass is 32.2. The fraction of sp³-hybridized carbons (Fsp3) is 0.167. The number of nitrogens with one attached hydrogen (secondary N) is 1. The maximum absolute atomic E-state index is 13.3. The van der Waals surface area contributed by atoms with Gasteiger partial charge in [-0.3, -0.25) is 0 Å². The minimum atomic E-state index is -1.22. The van der Waals surface area contributed by atoms with Gasteiger partial charge < -0.3 is 0 Å². The van der Waals surface area contributed by atoms with Gasteiger partial charge in [0.25, 0.3) is 0 Å². The molecule has 1 aliphatic heterocycles. The molecule has 118 valence electrons. The van der Waals surface area contributed by atoms with Crippen molar-refractivity contribution in [3.8, 4) is 11.4 Å². The first-order chi connectivity index (χ1) is 11.8. The van der Waals surface area contributed by atoms with Gasteiger partial charge in [-0.2, -0.15) is 5.21 Å². The molecular formula is C18H14N4OS. The third-order valence-electron chi connectivity index (χ3n) is 4.68. The van der Waals surface area contributed by atoms with Crippen LogP contribution >= 0.6 is 0 Å². The summed E-state index contributed by atoms with van der Waals surface area (Å²) in [4.78, 5) is 1.70. The molecule has 24 heavy (non-hydrogen) atoms. The minimum Gasteiger partial charge on any atom is -0.249 e. The molecule has 2 aromatic carbocycles. The Balaban J connectivity index is 1.68. The third-order valence-corrected chi connectivity index (χ3v) is 6.19. The fourth-order valence-electron chi connectivity index (χ4n) is 3.47. The molecule has 1 atom stereocenters. The number of fused-ring (bicyclic) bond motifs is 3. The van der Waals surface area contributed by atoms with Gasteiger partial charge >= 0.3 is 0 Å². The van der Waals surface area contributed by atoms with Gasteiger partial charge in [-0.1, -0.05) is 30.4 Å². The first-order valence-electron chi connectivity index (χ1n) is 7.93. The van der Waals surface area contributed by atoms with E-state index in [0.717, 1.165) is 39.3 Å². The second-order valence-corrected chi connectivity index (χ2v) is 7.52. The largest absolute Gasteiger partial charge is 0.249 e. The lowest BCUT2D eigenvalue weighted by atomic mass is 10.0. The molecule has 0 amide bonds. The van der Waals surface area contributed by atoms with Crippen molar-refractivity contribution in [3.63, 3.8) is 0 Å². The van der Waals surface area contributed by atoms with Crippen LogP contribution in [0.4, 0.5) is 0 Å². The molecule has 2 aliphatic rings. The van der Waals surface area contributed by atoms with E-state index >= 15 is 0 Å². The van der Waals surface area contributed by atoms with Gasteiger partial charge in [0.15, 0.2) is 0 Å². The van der Waals surface area contributed by atoms with Crippen molar-refractivity contribution in [2.24, 2.45) is 0 Å². The highest BCUT2D eigenvalue weighted by Gasteiger charge is 2.22. The first-order valence-corrected chi connectivity index (χ1v) is 9.08. The Morgan fingerprint density at radius 2 is 1.75 bits per heavy atom. The Hall–Kier alpha value is -2.60. The number of tetrazole rings is 1. The minimum absolute atomic E-state index is 0.511. The third kappa shape index (κ3) is 2.06. The summed E-state index contributed by atoms with van der Waals surface area (Å²) in [6, 6.07) is 10.1. The first kappa shape index (κ1) is 13.8. The molecule has 0 radical (unpaired) electrons. The standard InChI is InChI=1S/C18H14N4OS/c23-24-16-10-15(18-19-21-22-20-18)7-5-11(16)4-6-14-8-12-2-1-3-13(12)9-17(14)24/h4-10H,1-3H2,(H,19,20,21,22). The van der Waals surface area contributed by atoms with Crippen molar-refractivity contribution in [2.75, 3.05) is 0 Å². The van der Waals surface area contributed by atoms with Crippen molar-refractivity contribution >= 4 is 23.0 Å². The zero-order valence-corrected chi connectivity index (χ0v) is 13.6. The average molecular weight is 334 g/mol. The van der Waals surface area contributed by atoms with Gasteiger partial charge in [-0.15, -0.1) is 10.2 Å². The van der Waals surface area contributed by atoms with Crippen LogP contribution in [0.1, 0.15) is 28.7 Å². The molecule has 1 N–H and O–H groups in total. The van der Waals surface area contributed by atoms with E-state index in [-0.39, 0.29) is 0 Å². The van der Waals surface area contributed by atoms with E-state index in [1.807, 2.05) is 24.3 Å². The van der Waals surface area contributed by atoms with Gasteiger partial charge in [0.1, 0.15) is 0 Å². The number of benzene rings is 2. The van der Waals surface area contributed by atoms with Crippen molar-refractivity contribution < 1.29 is 4.21 Å². The number of hydrogen-bond donors (Lipinski definition) is 1. The maximum atomic E-state index is 13.3. The highest BCUT2D eigenvalue weighted by Crippen LogP contribution is 2.35. The highest BCUT2D eigenvalue weighted by molar-refractivity contribution is 7.85. The number of aromatic nitrogens is 4. The van der Waals surface area contributed by atoms with E-state index in [0.29, 0.717) is 5.82 Å². The fourth-order valence-corrected chi connectivity index (χ4v) is 4.88. The normalized spacial score (nSPS) is 17.9. The Bertz CT molecular complexity index is 1010. The number of H-pyrrole nitrogens is 1. The monoisotopic (exact) mass is 334 g/mol. The molecule has 1 aliphatic carbocycles. The zero-order chi connectivity index (χ0) is 16.1. The van der Waals surface area contributed by atoms with E-state index in [9.17, 15) is 4.21 Å². The molecule has 5 rings (SSSR count). The Morgan fingerprint density at radius 3 is 2.58 bits per heavy atom. The molecule has 3 aromatic rings. The lowest BCUT2D eigenvalue weighted by Crippen LogP contribution is -1.99. The van der Waals surface area contributed by atoms with Crippen LogP contribution < -0.4 is 0 Å². The molecular weight excluding hydrogens is 320 g/mol. The Labute approximate surface area is 141 Å². The van der Waals surface area contributed by atoms with Gasteiger partial charge in [-0.25, -0.2) is 4.21 Å². The number of aryl methyl sites for hydroxylation is 2. The SMILES string of the molecule is O=S1c2cc(-c3nn[nH]n3)ccc2C=Cc2cc3c(cc21)CCC3. The summed E-state index contributed by atoms with van der Waals surface area (Å²) in [5, 5.41) is 14.1. The molecule has 5 nitrogen and oxygen atoms in total. The van der Waals surface area contributed by atoms with Crippen LogP contribution in [0.15, 0.2) is 40.1 Å². The summed E-state index contributed by atoms with van der Waals surface area (Å²) in [7, 11) is -1.22. The summed E-state index contributed by atoms with van der Waals surface area (Å²) in [6.45, 7) is 0. The summed E-state index contributed by atoms with van der Waals surface area (Å²) >= 11 is 0.